The molecule has 0 spiro atoms. The molecule has 0 fully saturated rings. The fraction of sp³-hybridized carbons (Fsp3) is 0.185. The third kappa shape index (κ3) is 5.69. The summed E-state index contributed by atoms with van der Waals surface area (Å²) in [6, 6.07) is 18.6. The Morgan fingerprint density at radius 2 is 1.75 bits per heavy atom. The molecular formula is C27H23F2N3O4. The minimum absolute atomic E-state index is 0.150. The average molecular weight is 491 g/mol. The monoisotopic (exact) mass is 491 g/mol. The van der Waals surface area contributed by atoms with Crippen molar-refractivity contribution in [1.82, 2.24) is 15.2 Å². The number of oxazole rings is 1. The van der Waals surface area contributed by atoms with Gasteiger partial charge in [0.2, 0.25) is 12.7 Å². The minimum Gasteiger partial charge on any atom is -0.454 e. The molecule has 0 atom stereocenters. The summed E-state index contributed by atoms with van der Waals surface area (Å²) in [7, 11) is 0. The van der Waals surface area contributed by atoms with Crippen LogP contribution in [0.1, 0.15) is 33.1 Å². The number of nitrogens with one attached hydrogen (secondary N) is 1. The van der Waals surface area contributed by atoms with Crippen molar-refractivity contribution in [2.75, 3.05) is 6.79 Å². The fourth-order valence-corrected chi connectivity index (χ4v) is 3.90. The van der Waals surface area contributed by atoms with Gasteiger partial charge < -0.3 is 19.2 Å². The number of aromatic nitrogens is 1. The number of carbonyl (C=O) groups is 1. The maximum absolute atomic E-state index is 14.4. The summed E-state index contributed by atoms with van der Waals surface area (Å²) in [5.41, 5.74) is 2.33. The molecule has 0 unspecified atom stereocenters. The van der Waals surface area contributed by atoms with Crippen molar-refractivity contribution < 1.29 is 27.5 Å². The summed E-state index contributed by atoms with van der Waals surface area (Å²) in [5, 5.41) is 2.81. The van der Waals surface area contributed by atoms with E-state index in [0.717, 1.165) is 17.2 Å². The SMILES string of the molecule is O=C(NCc1ccccc1)c1coc(CN(Cc2ccc3c(c2)OCO3)Cc2ccc(F)cc2F)n1. The third-order valence-corrected chi connectivity index (χ3v) is 5.69. The largest absolute Gasteiger partial charge is 0.454 e. The topological polar surface area (TPSA) is 76.8 Å². The van der Waals surface area contributed by atoms with Crippen LogP contribution >= 0.6 is 0 Å². The summed E-state index contributed by atoms with van der Waals surface area (Å²) >= 11 is 0. The fourth-order valence-electron chi connectivity index (χ4n) is 3.90. The van der Waals surface area contributed by atoms with Crippen molar-refractivity contribution in [3.63, 3.8) is 0 Å². The van der Waals surface area contributed by atoms with Crippen LogP contribution in [0.2, 0.25) is 0 Å². The van der Waals surface area contributed by atoms with E-state index in [2.05, 4.69) is 10.3 Å². The number of carbonyl (C=O) groups excluding carboxylic acids is 1. The Labute approximate surface area is 206 Å². The van der Waals surface area contributed by atoms with Crippen molar-refractivity contribution in [1.29, 1.82) is 0 Å². The second-order valence-corrected chi connectivity index (χ2v) is 8.36. The van der Waals surface area contributed by atoms with Gasteiger partial charge in [0.15, 0.2) is 17.2 Å². The van der Waals surface area contributed by atoms with Gasteiger partial charge >= 0.3 is 0 Å². The quantitative estimate of drug-likeness (QED) is 0.362. The summed E-state index contributed by atoms with van der Waals surface area (Å²) < 4.78 is 44.2. The molecule has 1 N–H and O–H groups in total. The molecular weight excluding hydrogens is 468 g/mol. The molecule has 9 heteroatoms. The van der Waals surface area contributed by atoms with Crippen LogP contribution in [0.3, 0.4) is 0 Å². The highest BCUT2D eigenvalue weighted by atomic mass is 19.1. The summed E-state index contributed by atoms with van der Waals surface area (Å²) in [5.74, 6) is -0.0528. The zero-order chi connectivity index (χ0) is 24.9. The van der Waals surface area contributed by atoms with Gasteiger partial charge in [-0.25, -0.2) is 13.8 Å². The predicted molar refractivity (Wildman–Crippen MR) is 126 cm³/mol. The van der Waals surface area contributed by atoms with E-state index in [1.165, 1.54) is 18.4 Å². The average Bonchev–Trinajstić information content (AvgIpc) is 3.54. The van der Waals surface area contributed by atoms with Crippen LogP contribution in [0.25, 0.3) is 0 Å². The number of fused-ring (bicyclic) bond motifs is 1. The van der Waals surface area contributed by atoms with Crippen molar-refractivity contribution in [2.45, 2.75) is 26.2 Å². The van der Waals surface area contributed by atoms with Crippen LogP contribution < -0.4 is 14.8 Å². The smallest absolute Gasteiger partial charge is 0.273 e. The molecule has 1 aliphatic rings. The van der Waals surface area contributed by atoms with Gasteiger partial charge in [0.1, 0.15) is 17.9 Å². The lowest BCUT2D eigenvalue weighted by Crippen LogP contribution is -2.24. The van der Waals surface area contributed by atoms with Crippen molar-refractivity contribution in [3.05, 3.63) is 113 Å². The van der Waals surface area contributed by atoms with Gasteiger partial charge in [0, 0.05) is 31.3 Å². The molecule has 1 aliphatic heterocycles. The molecule has 7 nitrogen and oxygen atoms in total. The Bertz CT molecular complexity index is 1360. The van der Waals surface area contributed by atoms with Gasteiger partial charge in [-0.2, -0.15) is 0 Å². The molecule has 1 amide bonds. The van der Waals surface area contributed by atoms with E-state index < -0.39 is 11.6 Å². The number of hydrogen-bond acceptors (Lipinski definition) is 6. The van der Waals surface area contributed by atoms with E-state index in [0.29, 0.717) is 36.0 Å². The number of hydrogen-bond donors (Lipinski definition) is 1. The molecule has 184 valence electrons. The summed E-state index contributed by atoms with van der Waals surface area (Å²) in [4.78, 5) is 18.7. The Kier molecular flexibility index (Phi) is 6.90. The zero-order valence-corrected chi connectivity index (χ0v) is 19.2. The minimum atomic E-state index is -0.641. The van der Waals surface area contributed by atoms with Gasteiger partial charge in [-0.3, -0.25) is 9.69 Å². The maximum Gasteiger partial charge on any atom is 0.273 e. The van der Waals surface area contributed by atoms with E-state index in [1.807, 2.05) is 53.4 Å². The summed E-state index contributed by atoms with van der Waals surface area (Å²) in [6.07, 6.45) is 1.30. The molecule has 0 saturated carbocycles. The first-order valence-corrected chi connectivity index (χ1v) is 11.3. The third-order valence-electron chi connectivity index (χ3n) is 5.69. The molecule has 0 radical (unpaired) electrons. The molecule has 1 aromatic heterocycles. The normalized spacial score (nSPS) is 12.2. The van der Waals surface area contributed by atoms with Gasteiger partial charge in [-0.15, -0.1) is 0 Å². The Balaban J connectivity index is 1.30. The van der Waals surface area contributed by atoms with Crippen LogP contribution in [-0.2, 0) is 26.2 Å². The Morgan fingerprint density at radius 1 is 0.917 bits per heavy atom. The van der Waals surface area contributed by atoms with Crippen LogP contribution in [0.5, 0.6) is 11.5 Å². The lowest BCUT2D eigenvalue weighted by molar-refractivity contribution is 0.0945. The van der Waals surface area contributed by atoms with Gasteiger partial charge in [-0.1, -0.05) is 42.5 Å². The van der Waals surface area contributed by atoms with Gasteiger partial charge in [0.25, 0.3) is 5.91 Å². The Morgan fingerprint density at radius 3 is 2.58 bits per heavy atom. The standard InChI is InChI=1S/C27H23F2N3O4/c28-21-8-7-20(22(29)11-21)14-32(13-19-6-9-24-25(10-19)36-17-35-24)15-26-31-23(16-34-26)27(33)30-12-18-4-2-1-3-5-18/h1-11,16H,12-15,17H2,(H,30,33). The molecule has 5 rings (SSSR count). The molecule has 4 aromatic rings. The van der Waals surface area contributed by atoms with Crippen LogP contribution in [0.4, 0.5) is 8.78 Å². The molecule has 0 bridgehead atoms. The predicted octanol–water partition coefficient (Wildman–Crippen LogP) is 4.81. The number of benzene rings is 3. The number of amides is 1. The second-order valence-electron chi connectivity index (χ2n) is 8.36. The highest BCUT2D eigenvalue weighted by Crippen LogP contribution is 2.33. The Hall–Kier alpha value is -4.24. The maximum atomic E-state index is 14.4. The number of halogens is 2. The highest BCUT2D eigenvalue weighted by molar-refractivity contribution is 5.91. The molecule has 3 aromatic carbocycles. The highest BCUT2D eigenvalue weighted by Gasteiger charge is 2.19. The van der Waals surface area contributed by atoms with Gasteiger partial charge in [0.05, 0.1) is 6.54 Å². The van der Waals surface area contributed by atoms with E-state index in [4.69, 9.17) is 13.9 Å². The van der Waals surface area contributed by atoms with Crippen molar-refractivity contribution in [2.24, 2.45) is 0 Å². The second kappa shape index (κ2) is 10.6. The molecule has 0 aliphatic carbocycles. The van der Waals surface area contributed by atoms with Crippen molar-refractivity contribution in [3.8, 4) is 11.5 Å². The van der Waals surface area contributed by atoms with E-state index in [9.17, 15) is 13.6 Å². The lowest BCUT2D eigenvalue weighted by atomic mass is 10.1. The first-order valence-electron chi connectivity index (χ1n) is 11.3. The number of rotatable bonds is 9. The number of nitrogens with zero attached hydrogens (tertiary/aromatic N) is 2. The first kappa shape index (κ1) is 23.5. The molecule has 36 heavy (non-hydrogen) atoms. The van der Waals surface area contributed by atoms with Crippen LogP contribution in [-0.4, -0.2) is 22.6 Å². The van der Waals surface area contributed by atoms with E-state index in [1.54, 1.807) is 0 Å². The summed E-state index contributed by atoms with van der Waals surface area (Å²) in [6.45, 7) is 1.28. The van der Waals surface area contributed by atoms with Crippen LogP contribution in [0.15, 0.2) is 77.4 Å². The van der Waals surface area contributed by atoms with Gasteiger partial charge in [-0.05, 0) is 29.3 Å². The van der Waals surface area contributed by atoms with Crippen LogP contribution in [0, 0.1) is 11.6 Å². The lowest BCUT2D eigenvalue weighted by Gasteiger charge is -2.21. The molecule has 2 heterocycles. The number of ether oxygens (including phenoxy) is 2. The zero-order valence-electron chi connectivity index (χ0n) is 19.2. The first-order chi connectivity index (χ1) is 17.5. The van der Waals surface area contributed by atoms with Crippen molar-refractivity contribution >= 4 is 5.91 Å². The molecule has 0 saturated heterocycles. The van der Waals surface area contributed by atoms with E-state index >= 15 is 0 Å². The van der Waals surface area contributed by atoms with E-state index in [-0.39, 0.29) is 31.5 Å².